The number of amides is 2. The maximum atomic E-state index is 13.6. The molecule has 1 aromatic rings. The van der Waals surface area contributed by atoms with E-state index in [1.807, 2.05) is 20.8 Å². The molecule has 0 fully saturated rings. The Labute approximate surface area is 123 Å². The Kier molecular flexibility index (Phi) is 5.66. The normalized spacial score (nSPS) is 14.4. The molecule has 0 aromatic heterocycles. The molecule has 0 heterocycles. The maximum absolute atomic E-state index is 13.6. The van der Waals surface area contributed by atoms with Gasteiger partial charge in [-0.25, -0.2) is 13.6 Å². The number of aliphatic hydroxyl groups excluding tert-OH is 1. The van der Waals surface area contributed by atoms with Crippen molar-refractivity contribution in [3.63, 3.8) is 0 Å². The maximum Gasteiger partial charge on any atom is 0.315 e. The first-order valence-electron chi connectivity index (χ1n) is 6.79. The van der Waals surface area contributed by atoms with E-state index in [2.05, 4.69) is 10.6 Å². The lowest BCUT2D eigenvalue weighted by Gasteiger charge is -2.26. The van der Waals surface area contributed by atoms with E-state index < -0.39 is 29.8 Å². The third-order valence-electron chi connectivity index (χ3n) is 3.25. The smallest absolute Gasteiger partial charge is 0.315 e. The lowest BCUT2D eigenvalue weighted by Crippen LogP contribution is -2.44. The Morgan fingerprint density at radius 3 is 2.52 bits per heavy atom. The number of nitrogens with one attached hydrogen (secondary N) is 2. The predicted molar refractivity (Wildman–Crippen MR) is 76.8 cm³/mol. The van der Waals surface area contributed by atoms with Crippen LogP contribution in [-0.2, 0) is 0 Å². The van der Waals surface area contributed by atoms with Crippen molar-refractivity contribution >= 4 is 6.03 Å². The number of carbonyl (C=O) groups is 1. The summed E-state index contributed by atoms with van der Waals surface area (Å²) < 4.78 is 26.7. The number of aliphatic hydroxyl groups is 1. The fraction of sp³-hybridized carbons (Fsp3) is 0.533. The number of urea groups is 1. The zero-order chi connectivity index (χ0) is 16.2. The van der Waals surface area contributed by atoms with Crippen LogP contribution in [0.5, 0.6) is 0 Å². The lowest BCUT2D eigenvalue weighted by atomic mass is 9.89. The first-order valence-corrected chi connectivity index (χ1v) is 6.79. The first-order chi connectivity index (χ1) is 9.62. The summed E-state index contributed by atoms with van der Waals surface area (Å²) in [5, 5.41) is 14.8. The second-order valence-corrected chi connectivity index (χ2v) is 6.10. The first kappa shape index (κ1) is 17.4. The molecule has 0 aliphatic carbocycles. The molecule has 4 nitrogen and oxygen atoms in total. The average Bonchev–Trinajstić information content (AvgIpc) is 2.37. The molecule has 2 amide bonds. The molecule has 0 aliphatic rings. The van der Waals surface area contributed by atoms with E-state index in [0.717, 1.165) is 6.07 Å². The van der Waals surface area contributed by atoms with E-state index in [1.165, 1.54) is 12.1 Å². The van der Waals surface area contributed by atoms with Gasteiger partial charge in [-0.05, 0) is 18.4 Å². The summed E-state index contributed by atoms with van der Waals surface area (Å²) in [6.45, 7) is 7.18. The van der Waals surface area contributed by atoms with Crippen molar-refractivity contribution in [1.29, 1.82) is 0 Å². The molecule has 1 aromatic carbocycles. The third kappa shape index (κ3) is 4.97. The van der Waals surface area contributed by atoms with Gasteiger partial charge < -0.3 is 15.7 Å². The highest BCUT2D eigenvalue weighted by atomic mass is 19.2. The van der Waals surface area contributed by atoms with Crippen molar-refractivity contribution in [2.75, 3.05) is 6.54 Å². The van der Waals surface area contributed by atoms with Crippen molar-refractivity contribution in [1.82, 2.24) is 10.6 Å². The van der Waals surface area contributed by atoms with Crippen LogP contribution in [-0.4, -0.2) is 23.8 Å². The Hall–Kier alpha value is -1.69. The van der Waals surface area contributed by atoms with E-state index in [-0.39, 0.29) is 17.5 Å². The van der Waals surface area contributed by atoms with Gasteiger partial charge in [0.05, 0.1) is 12.1 Å². The fourth-order valence-electron chi connectivity index (χ4n) is 1.68. The summed E-state index contributed by atoms with van der Waals surface area (Å²) in [5.74, 6) is -1.93. The second kappa shape index (κ2) is 6.85. The highest BCUT2D eigenvalue weighted by Crippen LogP contribution is 2.19. The van der Waals surface area contributed by atoms with Gasteiger partial charge >= 0.3 is 6.03 Å². The van der Waals surface area contributed by atoms with E-state index >= 15 is 0 Å². The Bertz CT molecular complexity index is 501. The van der Waals surface area contributed by atoms with Gasteiger partial charge in [-0.2, -0.15) is 0 Å². The standard InChI is InChI=1S/C15H22F2N2O2/c1-9(10-6-5-7-11(16)13(10)17)19-14(21)18-8-12(20)15(2,3)4/h5-7,9,12,20H,8H2,1-4H3,(H2,18,19,21). The molecule has 2 atom stereocenters. The van der Waals surface area contributed by atoms with E-state index in [4.69, 9.17) is 0 Å². The van der Waals surface area contributed by atoms with Crippen molar-refractivity contribution in [3.05, 3.63) is 35.4 Å². The van der Waals surface area contributed by atoms with Gasteiger partial charge in [0.25, 0.3) is 0 Å². The number of halogens is 2. The van der Waals surface area contributed by atoms with E-state index in [0.29, 0.717) is 0 Å². The minimum absolute atomic E-state index is 0.0709. The van der Waals surface area contributed by atoms with Gasteiger partial charge in [0.1, 0.15) is 0 Å². The average molecular weight is 300 g/mol. The molecule has 2 unspecified atom stereocenters. The summed E-state index contributed by atoms with van der Waals surface area (Å²) in [7, 11) is 0. The molecule has 1 rings (SSSR count). The molecule has 0 radical (unpaired) electrons. The van der Waals surface area contributed by atoms with Crippen molar-refractivity contribution < 1.29 is 18.7 Å². The molecule has 21 heavy (non-hydrogen) atoms. The van der Waals surface area contributed by atoms with Crippen LogP contribution in [0, 0.1) is 17.0 Å². The van der Waals surface area contributed by atoms with Gasteiger partial charge in [0, 0.05) is 12.1 Å². The fourth-order valence-corrected chi connectivity index (χ4v) is 1.68. The van der Waals surface area contributed by atoms with E-state index in [9.17, 15) is 18.7 Å². The summed E-state index contributed by atoms with van der Waals surface area (Å²) in [6.07, 6.45) is -0.704. The number of carbonyl (C=O) groups excluding carboxylic acids is 1. The summed E-state index contributed by atoms with van der Waals surface area (Å²) in [5.41, 5.74) is -0.283. The largest absolute Gasteiger partial charge is 0.391 e. The molecular weight excluding hydrogens is 278 g/mol. The molecule has 0 aliphatic heterocycles. The monoisotopic (exact) mass is 300 g/mol. The van der Waals surface area contributed by atoms with Gasteiger partial charge in [-0.1, -0.05) is 32.9 Å². The Balaban J connectivity index is 2.57. The Morgan fingerprint density at radius 1 is 1.33 bits per heavy atom. The molecular formula is C15H22F2N2O2. The van der Waals surface area contributed by atoms with Crippen molar-refractivity contribution in [3.8, 4) is 0 Å². The zero-order valence-electron chi connectivity index (χ0n) is 12.7. The Morgan fingerprint density at radius 2 is 1.95 bits per heavy atom. The summed E-state index contributed by atoms with van der Waals surface area (Å²) in [4.78, 5) is 11.7. The van der Waals surface area contributed by atoms with Gasteiger partial charge in [0.15, 0.2) is 11.6 Å². The molecule has 6 heteroatoms. The van der Waals surface area contributed by atoms with Crippen LogP contribution >= 0.6 is 0 Å². The highest BCUT2D eigenvalue weighted by Gasteiger charge is 2.23. The van der Waals surface area contributed by atoms with Crippen LogP contribution < -0.4 is 10.6 Å². The third-order valence-corrected chi connectivity index (χ3v) is 3.25. The van der Waals surface area contributed by atoms with Crippen molar-refractivity contribution in [2.24, 2.45) is 5.41 Å². The number of hydrogen-bond donors (Lipinski definition) is 3. The summed E-state index contributed by atoms with van der Waals surface area (Å²) >= 11 is 0. The molecule has 0 spiro atoms. The topological polar surface area (TPSA) is 61.4 Å². The van der Waals surface area contributed by atoms with Crippen LogP contribution in [0.15, 0.2) is 18.2 Å². The van der Waals surface area contributed by atoms with Gasteiger partial charge in [-0.15, -0.1) is 0 Å². The van der Waals surface area contributed by atoms with Crippen LogP contribution in [0.3, 0.4) is 0 Å². The highest BCUT2D eigenvalue weighted by molar-refractivity contribution is 5.74. The minimum Gasteiger partial charge on any atom is -0.391 e. The zero-order valence-corrected chi connectivity index (χ0v) is 12.7. The predicted octanol–water partition coefficient (Wildman–Crippen LogP) is 2.73. The number of rotatable bonds is 4. The van der Waals surface area contributed by atoms with Crippen molar-refractivity contribution in [2.45, 2.75) is 39.8 Å². The van der Waals surface area contributed by atoms with Crippen LogP contribution in [0.2, 0.25) is 0 Å². The molecule has 0 bridgehead atoms. The van der Waals surface area contributed by atoms with Crippen LogP contribution in [0.25, 0.3) is 0 Å². The van der Waals surface area contributed by atoms with Gasteiger partial charge in [0.2, 0.25) is 0 Å². The lowest BCUT2D eigenvalue weighted by molar-refractivity contribution is 0.0649. The minimum atomic E-state index is -0.972. The van der Waals surface area contributed by atoms with Gasteiger partial charge in [-0.3, -0.25) is 0 Å². The quantitative estimate of drug-likeness (QED) is 0.800. The van der Waals surface area contributed by atoms with E-state index in [1.54, 1.807) is 6.92 Å². The SMILES string of the molecule is CC(NC(=O)NCC(O)C(C)(C)C)c1cccc(F)c1F. The second-order valence-electron chi connectivity index (χ2n) is 6.10. The molecule has 118 valence electrons. The molecule has 0 saturated heterocycles. The molecule has 3 N–H and O–H groups in total. The number of hydrogen-bond acceptors (Lipinski definition) is 2. The number of benzene rings is 1. The van der Waals surface area contributed by atoms with Crippen LogP contribution in [0.4, 0.5) is 13.6 Å². The summed E-state index contributed by atoms with van der Waals surface area (Å²) in [6, 6.07) is 2.58. The van der Waals surface area contributed by atoms with Crippen LogP contribution in [0.1, 0.15) is 39.3 Å². The molecule has 0 saturated carbocycles.